The number of hydrogen-bond donors (Lipinski definition) is 3. The van der Waals surface area contributed by atoms with Crippen LogP contribution in [0.1, 0.15) is 35.3 Å². The van der Waals surface area contributed by atoms with E-state index in [4.69, 9.17) is 4.74 Å². The highest BCUT2D eigenvalue weighted by atomic mass is 19.1. The molecule has 176 valence electrons. The fourth-order valence-corrected chi connectivity index (χ4v) is 3.97. The molecule has 2 heterocycles. The predicted octanol–water partition coefficient (Wildman–Crippen LogP) is 2.65. The Morgan fingerprint density at radius 1 is 1.21 bits per heavy atom. The molecule has 0 bridgehead atoms. The third kappa shape index (κ3) is 4.17. The minimum absolute atomic E-state index is 0.285. The summed E-state index contributed by atoms with van der Waals surface area (Å²) in [5.41, 5.74) is 2.34. The van der Waals surface area contributed by atoms with Gasteiger partial charge in [-0.3, -0.25) is 9.59 Å². The standard InChI is InChI=1S/C25H23FN2O6/c1-25(2)17(11-20(34-25)21-16-9-8-15(26)10-18(16)27-23(21)31)13-4-6-14(7-5-13)22(30)28-19(12-29)24(32)33-3/h4-11,19,29H,12H2,1-3H3,(H,27,31)(H,28,30)/b21-20+/t19-/m1/s1. The number of fused-ring (bicyclic) bond motifs is 1. The number of carbonyl (C=O) groups excluding carboxylic acids is 3. The summed E-state index contributed by atoms with van der Waals surface area (Å²) in [4.78, 5) is 36.6. The number of benzene rings is 2. The van der Waals surface area contributed by atoms with Gasteiger partial charge < -0.3 is 25.2 Å². The Hall–Kier alpha value is -3.98. The van der Waals surface area contributed by atoms with Gasteiger partial charge in [-0.05, 0) is 55.8 Å². The first-order valence-corrected chi connectivity index (χ1v) is 10.5. The largest absolute Gasteiger partial charge is 0.482 e. The molecule has 0 fully saturated rings. The SMILES string of the molecule is COC(=O)[C@@H](CO)NC(=O)c1ccc(C2=C/C(=C3\C(=O)Nc4cc(F)ccc43)OC2(C)C)cc1. The van der Waals surface area contributed by atoms with E-state index in [-0.39, 0.29) is 11.5 Å². The van der Waals surface area contributed by atoms with E-state index in [1.54, 1.807) is 30.3 Å². The number of anilines is 1. The molecule has 2 aliphatic heterocycles. The fourth-order valence-electron chi connectivity index (χ4n) is 3.97. The van der Waals surface area contributed by atoms with Gasteiger partial charge in [0.05, 0.1) is 25.0 Å². The molecule has 2 aliphatic rings. The number of nitrogens with one attached hydrogen (secondary N) is 2. The second-order valence-corrected chi connectivity index (χ2v) is 8.36. The van der Waals surface area contributed by atoms with Crippen molar-refractivity contribution in [2.45, 2.75) is 25.5 Å². The normalized spacial score (nSPS) is 19.0. The van der Waals surface area contributed by atoms with Crippen molar-refractivity contribution in [1.29, 1.82) is 0 Å². The van der Waals surface area contributed by atoms with Crippen LogP contribution in [0.25, 0.3) is 11.1 Å². The van der Waals surface area contributed by atoms with Crippen molar-refractivity contribution < 1.29 is 33.4 Å². The van der Waals surface area contributed by atoms with Crippen LogP contribution in [-0.4, -0.2) is 48.2 Å². The van der Waals surface area contributed by atoms with Gasteiger partial charge in [0.1, 0.15) is 17.2 Å². The van der Waals surface area contributed by atoms with Crippen LogP contribution in [0, 0.1) is 5.82 Å². The monoisotopic (exact) mass is 466 g/mol. The zero-order chi connectivity index (χ0) is 24.6. The van der Waals surface area contributed by atoms with Gasteiger partial charge in [-0.2, -0.15) is 0 Å². The topological polar surface area (TPSA) is 114 Å². The van der Waals surface area contributed by atoms with E-state index in [9.17, 15) is 23.9 Å². The van der Waals surface area contributed by atoms with Gasteiger partial charge in [-0.15, -0.1) is 0 Å². The number of halogens is 1. The number of methoxy groups -OCH3 is 1. The molecular formula is C25H23FN2O6. The Kier molecular flexibility index (Phi) is 5.97. The van der Waals surface area contributed by atoms with Gasteiger partial charge in [-0.1, -0.05) is 12.1 Å². The molecule has 0 spiro atoms. The lowest BCUT2D eigenvalue weighted by atomic mass is 9.91. The van der Waals surface area contributed by atoms with Gasteiger partial charge in [-0.25, -0.2) is 9.18 Å². The van der Waals surface area contributed by atoms with Crippen molar-refractivity contribution in [3.05, 3.63) is 76.8 Å². The molecule has 2 amide bonds. The van der Waals surface area contributed by atoms with Gasteiger partial charge in [0.15, 0.2) is 6.04 Å². The van der Waals surface area contributed by atoms with Crippen LogP contribution in [0.15, 0.2) is 54.3 Å². The molecule has 0 aromatic heterocycles. The second kappa shape index (κ2) is 8.75. The van der Waals surface area contributed by atoms with Crippen LogP contribution in [0.3, 0.4) is 0 Å². The maximum Gasteiger partial charge on any atom is 0.330 e. The first-order chi connectivity index (χ1) is 16.1. The van der Waals surface area contributed by atoms with Crippen molar-refractivity contribution in [3.63, 3.8) is 0 Å². The Morgan fingerprint density at radius 2 is 1.91 bits per heavy atom. The molecular weight excluding hydrogens is 443 g/mol. The maximum absolute atomic E-state index is 13.6. The minimum Gasteiger partial charge on any atom is -0.482 e. The minimum atomic E-state index is -1.16. The number of allylic oxidation sites excluding steroid dienone is 1. The van der Waals surface area contributed by atoms with E-state index in [1.165, 1.54) is 25.3 Å². The third-order valence-electron chi connectivity index (χ3n) is 5.69. The van der Waals surface area contributed by atoms with Crippen molar-refractivity contribution in [1.82, 2.24) is 5.32 Å². The highest BCUT2D eigenvalue weighted by Gasteiger charge is 2.38. The van der Waals surface area contributed by atoms with Crippen LogP contribution in [0.5, 0.6) is 0 Å². The van der Waals surface area contributed by atoms with Crippen LogP contribution in [0.2, 0.25) is 0 Å². The Balaban J connectivity index is 1.63. The van der Waals surface area contributed by atoms with E-state index >= 15 is 0 Å². The molecule has 0 saturated heterocycles. The second-order valence-electron chi connectivity index (χ2n) is 8.36. The van der Waals surface area contributed by atoms with Crippen LogP contribution >= 0.6 is 0 Å². The van der Waals surface area contributed by atoms with Crippen LogP contribution in [0.4, 0.5) is 10.1 Å². The average Bonchev–Trinajstić information content (AvgIpc) is 3.30. The summed E-state index contributed by atoms with van der Waals surface area (Å²) in [6, 6.07) is 9.54. The Morgan fingerprint density at radius 3 is 2.56 bits per heavy atom. The molecule has 0 unspecified atom stereocenters. The van der Waals surface area contributed by atoms with Crippen molar-refractivity contribution in [2.24, 2.45) is 0 Å². The van der Waals surface area contributed by atoms with Crippen molar-refractivity contribution in [3.8, 4) is 0 Å². The van der Waals surface area contributed by atoms with Crippen molar-refractivity contribution in [2.75, 3.05) is 19.0 Å². The highest BCUT2D eigenvalue weighted by molar-refractivity contribution is 6.32. The molecule has 1 atom stereocenters. The number of aliphatic hydroxyl groups is 1. The van der Waals surface area contributed by atoms with E-state index in [1.807, 2.05) is 13.8 Å². The zero-order valence-corrected chi connectivity index (χ0v) is 18.8. The summed E-state index contributed by atoms with van der Waals surface area (Å²) < 4.78 is 24.2. The highest BCUT2D eigenvalue weighted by Crippen LogP contribution is 2.44. The third-order valence-corrected chi connectivity index (χ3v) is 5.69. The summed E-state index contributed by atoms with van der Waals surface area (Å²) in [5.74, 6) is -1.74. The van der Waals surface area contributed by atoms with E-state index in [0.717, 1.165) is 11.1 Å². The lowest BCUT2D eigenvalue weighted by Crippen LogP contribution is -2.44. The molecule has 0 radical (unpaired) electrons. The molecule has 9 heteroatoms. The molecule has 0 saturated carbocycles. The average molecular weight is 466 g/mol. The zero-order valence-electron chi connectivity index (χ0n) is 18.8. The molecule has 2 aromatic carbocycles. The van der Waals surface area contributed by atoms with Gasteiger partial charge >= 0.3 is 5.97 Å². The smallest absolute Gasteiger partial charge is 0.330 e. The molecule has 4 rings (SSSR count). The van der Waals surface area contributed by atoms with Gasteiger partial charge in [0.2, 0.25) is 0 Å². The number of rotatable bonds is 5. The predicted molar refractivity (Wildman–Crippen MR) is 122 cm³/mol. The molecule has 3 N–H and O–H groups in total. The summed E-state index contributed by atoms with van der Waals surface area (Å²) in [5, 5.41) is 14.4. The summed E-state index contributed by atoms with van der Waals surface area (Å²) in [7, 11) is 1.17. The lowest BCUT2D eigenvalue weighted by molar-refractivity contribution is -0.143. The lowest BCUT2D eigenvalue weighted by Gasteiger charge is -2.23. The van der Waals surface area contributed by atoms with Crippen molar-refractivity contribution >= 4 is 34.6 Å². The van der Waals surface area contributed by atoms with Crippen LogP contribution < -0.4 is 10.6 Å². The quantitative estimate of drug-likeness (QED) is 0.461. The Labute approximate surface area is 195 Å². The molecule has 8 nitrogen and oxygen atoms in total. The number of ether oxygens (including phenoxy) is 2. The molecule has 2 aromatic rings. The van der Waals surface area contributed by atoms with E-state index in [0.29, 0.717) is 22.6 Å². The Bertz CT molecular complexity index is 1250. The number of amides is 2. The van der Waals surface area contributed by atoms with E-state index in [2.05, 4.69) is 15.4 Å². The fraction of sp³-hybridized carbons (Fsp3) is 0.240. The molecule has 0 aliphatic carbocycles. The summed E-state index contributed by atoms with van der Waals surface area (Å²) >= 11 is 0. The first-order valence-electron chi connectivity index (χ1n) is 10.5. The maximum atomic E-state index is 13.6. The number of carbonyl (C=O) groups is 3. The summed E-state index contributed by atoms with van der Waals surface area (Å²) in [6.45, 7) is 3.12. The first kappa shape index (κ1) is 23.2. The number of aliphatic hydroxyl groups excluding tert-OH is 1. The molecule has 34 heavy (non-hydrogen) atoms. The van der Waals surface area contributed by atoms with Crippen LogP contribution in [-0.2, 0) is 19.1 Å². The van der Waals surface area contributed by atoms with Gasteiger partial charge in [0, 0.05) is 16.7 Å². The number of hydrogen-bond acceptors (Lipinski definition) is 6. The summed E-state index contributed by atoms with van der Waals surface area (Å²) in [6.07, 6.45) is 1.77. The number of esters is 1. The van der Waals surface area contributed by atoms with Gasteiger partial charge in [0.25, 0.3) is 11.8 Å². The van der Waals surface area contributed by atoms with E-state index < -0.39 is 35.9 Å².